The third-order valence-corrected chi connectivity index (χ3v) is 3.25. The van der Waals surface area contributed by atoms with Gasteiger partial charge in [0, 0.05) is 11.6 Å². The van der Waals surface area contributed by atoms with Gasteiger partial charge in [0.15, 0.2) is 0 Å². The van der Waals surface area contributed by atoms with Crippen molar-refractivity contribution in [1.82, 2.24) is 0 Å². The summed E-state index contributed by atoms with van der Waals surface area (Å²) in [5, 5.41) is 9.66. The van der Waals surface area contributed by atoms with Gasteiger partial charge in [-0.05, 0) is 37.0 Å². The van der Waals surface area contributed by atoms with E-state index < -0.39 is 12.4 Å². The fourth-order valence-electron chi connectivity index (χ4n) is 2.05. The number of halogens is 4. The summed E-state index contributed by atoms with van der Waals surface area (Å²) in [5.41, 5.74) is 6.24. The Balaban J connectivity index is 0.00000180. The van der Waals surface area contributed by atoms with E-state index in [0.29, 0.717) is 5.56 Å². The Morgan fingerprint density at radius 1 is 1.32 bits per heavy atom. The monoisotopic (exact) mass is 297 g/mol. The number of hydrogen-bond donors (Lipinski definition) is 2. The largest absolute Gasteiger partial charge is 0.573 e. The van der Waals surface area contributed by atoms with E-state index in [1.807, 2.05) is 0 Å². The van der Waals surface area contributed by atoms with Crippen LogP contribution in [0.1, 0.15) is 30.9 Å². The van der Waals surface area contributed by atoms with E-state index in [0.717, 1.165) is 31.4 Å². The van der Waals surface area contributed by atoms with Crippen LogP contribution in [0.3, 0.4) is 0 Å². The lowest BCUT2D eigenvalue weighted by Gasteiger charge is -2.31. The quantitative estimate of drug-likeness (QED) is 0.897. The summed E-state index contributed by atoms with van der Waals surface area (Å²) in [7, 11) is 0. The molecular formula is C12H15ClF3NO2. The SMILES string of the molecule is Cl.N[C@H](c1cc(OC(F)(F)F)ccc1O)C1CCC1. The minimum Gasteiger partial charge on any atom is -0.508 e. The van der Waals surface area contributed by atoms with Gasteiger partial charge in [0.1, 0.15) is 11.5 Å². The van der Waals surface area contributed by atoms with Gasteiger partial charge in [0.2, 0.25) is 0 Å². The predicted octanol–water partition coefficient (Wildman–Crippen LogP) is 3.51. The van der Waals surface area contributed by atoms with E-state index in [2.05, 4.69) is 4.74 Å². The van der Waals surface area contributed by atoms with E-state index in [9.17, 15) is 18.3 Å². The third kappa shape index (κ3) is 3.91. The van der Waals surface area contributed by atoms with Gasteiger partial charge in [0.25, 0.3) is 0 Å². The number of phenols is 1. The highest BCUT2D eigenvalue weighted by atomic mass is 35.5. The van der Waals surface area contributed by atoms with Crippen molar-refractivity contribution in [3.05, 3.63) is 23.8 Å². The Morgan fingerprint density at radius 3 is 2.42 bits per heavy atom. The molecule has 0 spiro atoms. The molecule has 0 amide bonds. The number of ether oxygens (including phenoxy) is 1. The molecule has 3 nitrogen and oxygen atoms in total. The van der Waals surface area contributed by atoms with E-state index in [1.54, 1.807) is 0 Å². The molecule has 0 bridgehead atoms. The second-order valence-electron chi connectivity index (χ2n) is 4.49. The fraction of sp³-hybridized carbons (Fsp3) is 0.500. The molecule has 1 atom stereocenters. The first-order valence-corrected chi connectivity index (χ1v) is 5.71. The molecule has 0 aliphatic heterocycles. The number of hydrogen-bond acceptors (Lipinski definition) is 3. The molecule has 0 heterocycles. The minimum atomic E-state index is -4.74. The molecule has 1 saturated carbocycles. The predicted molar refractivity (Wildman–Crippen MR) is 66.3 cm³/mol. The zero-order chi connectivity index (χ0) is 13.3. The molecular weight excluding hydrogens is 283 g/mol. The first-order valence-electron chi connectivity index (χ1n) is 5.71. The summed E-state index contributed by atoms with van der Waals surface area (Å²) in [6.45, 7) is 0. The molecule has 1 aromatic rings. The molecule has 1 aliphatic carbocycles. The molecule has 0 aromatic heterocycles. The van der Waals surface area contributed by atoms with Crippen LogP contribution in [0.15, 0.2) is 18.2 Å². The van der Waals surface area contributed by atoms with Crippen LogP contribution in [0.2, 0.25) is 0 Å². The van der Waals surface area contributed by atoms with Crippen molar-refractivity contribution < 1.29 is 23.0 Å². The lowest BCUT2D eigenvalue weighted by molar-refractivity contribution is -0.274. The van der Waals surface area contributed by atoms with Crippen molar-refractivity contribution in [3.8, 4) is 11.5 Å². The highest BCUT2D eigenvalue weighted by Crippen LogP contribution is 2.40. The third-order valence-electron chi connectivity index (χ3n) is 3.25. The smallest absolute Gasteiger partial charge is 0.508 e. The number of rotatable bonds is 3. The van der Waals surface area contributed by atoms with Crippen LogP contribution >= 0.6 is 12.4 Å². The molecule has 19 heavy (non-hydrogen) atoms. The summed E-state index contributed by atoms with van der Waals surface area (Å²) in [6.07, 6.45) is -1.80. The van der Waals surface area contributed by atoms with Crippen molar-refractivity contribution in [1.29, 1.82) is 0 Å². The first kappa shape index (κ1) is 15.9. The lowest BCUT2D eigenvalue weighted by atomic mass is 9.77. The van der Waals surface area contributed by atoms with Crippen LogP contribution in [0.5, 0.6) is 11.5 Å². The Labute approximate surface area is 115 Å². The molecule has 2 rings (SSSR count). The molecule has 108 valence electrons. The minimum absolute atomic E-state index is 0. The van der Waals surface area contributed by atoms with Gasteiger partial charge in [-0.25, -0.2) is 0 Å². The van der Waals surface area contributed by atoms with Crippen LogP contribution in [0, 0.1) is 5.92 Å². The zero-order valence-electron chi connectivity index (χ0n) is 9.98. The molecule has 0 saturated heterocycles. The molecule has 1 fully saturated rings. The van der Waals surface area contributed by atoms with Crippen LogP contribution in [0.4, 0.5) is 13.2 Å². The molecule has 0 unspecified atom stereocenters. The molecule has 1 aromatic carbocycles. The van der Waals surface area contributed by atoms with Gasteiger partial charge < -0.3 is 15.6 Å². The van der Waals surface area contributed by atoms with Crippen molar-refractivity contribution in [3.63, 3.8) is 0 Å². The topological polar surface area (TPSA) is 55.5 Å². The fourth-order valence-corrected chi connectivity index (χ4v) is 2.05. The second kappa shape index (κ2) is 5.88. The average Bonchev–Trinajstić information content (AvgIpc) is 2.16. The van der Waals surface area contributed by atoms with E-state index >= 15 is 0 Å². The van der Waals surface area contributed by atoms with Crippen molar-refractivity contribution >= 4 is 12.4 Å². The lowest BCUT2D eigenvalue weighted by Crippen LogP contribution is -2.27. The van der Waals surface area contributed by atoms with Gasteiger partial charge >= 0.3 is 6.36 Å². The Morgan fingerprint density at radius 2 is 1.95 bits per heavy atom. The summed E-state index contributed by atoms with van der Waals surface area (Å²) in [6, 6.07) is 2.95. The first-order chi connectivity index (χ1) is 8.37. The van der Waals surface area contributed by atoms with Crippen LogP contribution < -0.4 is 10.5 Å². The van der Waals surface area contributed by atoms with Gasteiger partial charge in [-0.2, -0.15) is 0 Å². The molecule has 0 radical (unpaired) electrons. The van der Waals surface area contributed by atoms with Crippen LogP contribution in [-0.2, 0) is 0 Å². The highest BCUT2D eigenvalue weighted by Gasteiger charge is 2.32. The van der Waals surface area contributed by atoms with Crippen molar-refractivity contribution in [2.45, 2.75) is 31.7 Å². The highest BCUT2D eigenvalue weighted by molar-refractivity contribution is 5.85. The van der Waals surface area contributed by atoms with E-state index in [-0.39, 0.29) is 29.8 Å². The number of benzene rings is 1. The Hall–Kier alpha value is -1.14. The van der Waals surface area contributed by atoms with Crippen LogP contribution in [-0.4, -0.2) is 11.5 Å². The van der Waals surface area contributed by atoms with Crippen LogP contribution in [0.25, 0.3) is 0 Å². The average molecular weight is 298 g/mol. The maximum atomic E-state index is 12.1. The summed E-state index contributed by atoms with van der Waals surface area (Å²) >= 11 is 0. The normalized spacial score (nSPS) is 17.3. The van der Waals surface area contributed by atoms with E-state index in [4.69, 9.17) is 5.73 Å². The standard InChI is InChI=1S/C12H14F3NO2.ClH/c13-12(14,15)18-8-4-5-10(17)9(6-8)11(16)7-2-1-3-7;/h4-7,11,17H,1-3,16H2;1H/t11-;/m0./s1. The number of aromatic hydroxyl groups is 1. The van der Waals surface area contributed by atoms with Crippen molar-refractivity contribution in [2.24, 2.45) is 11.7 Å². The maximum absolute atomic E-state index is 12.1. The maximum Gasteiger partial charge on any atom is 0.573 e. The number of nitrogens with two attached hydrogens (primary N) is 1. The summed E-state index contributed by atoms with van der Waals surface area (Å²) in [4.78, 5) is 0. The van der Waals surface area contributed by atoms with Gasteiger partial charge in [-0.1, -0.05) is 6.42 Å². The summed E-state index contributed by atoms with van der Waals surface area (Å²) < 4.78 is 40.1. The molecule has 7 heteroatoms. The zero-order valence-corrected chi connectivity index (χ0v) is 10.8. The van der Waals surface area contributed by atoms with Gasteiger partial charge in [-0.15, -0.1) is 25.6 Å². The molecule has 3 N–H and O–H groups in total. The number of phenolic OH excluding ortho intramolecular Hbond substituents is 1. The Kier molecular flexibility index (Phi) is 4.92. The van der Waals surface area contributed by atoms with Gasteiger partial charge in [0.05, 0.1) is 0 Å². The number of alkyl halides is 3. The van der Waals surface area contributed by atoms with Gasteiger partial charge in [-0.3, -0.25) is 0 Å². The Bertz CT molecular complexity index is 435. The van der Waals surface area contributed by atoms with Crippen molar-refractivity contribution in [2.75, 3.05) is 0 Å². The second-order valence-corrected chi connectivity index (χ2v) is 4.49. The van der Waals surface area contributed by atoms with E-state index in [1.165, 1.54) is 6.07 Å². The summed E-state index contributed by atoms with van der Waals surface area (Å²) in [5.74, 6) is -0.231. The molecule has 1 aliphatic rings.